The van der Waals surface area contributed by atoms with Crippen LogP contribution in [0.5, 0.6) is 0 Å². The average Bonchev–Trinajstić information content (AvgIpc) is 3.20. The summed E-state index contributed by atoms with van der Waals surface area (Å²) in [5.74, 6) is 0.862. The summed E-state index contributed by atoms with van der Waals surface area (Å²) in [6, 6.07) is 10.7. The standard InChI is InChI=1S/C24H38N6O/c1-3-25-24(27-13-16-30-19-21(2)18-28-30)26-12-7-17-31-23-10-14-29(15-11-23)20-22-8-5-4-6-9-22/h4-6,8-9,18-19,23H,3,7,10-17,20H2,1-2H3,(H2,25,26,27). The molecule has 0 radical (unpaired) electrons. The fourth-order valence-corrected chi connectivity index (χ4v) is 3.80. The maximum atomic E-state index is 6.12. The monoisotopic (exact) mass is 426 g/mol. The van der Waals surface area contributed by atoms with E-state index >= 15 is 0 Å². The van der Waals surface area contributed by atoms with Gasteiger partial charge >= 0.3 is 0 Å². The van der Waals surface area contributed by atoms with Crippen molar-refractivity contribution in [3.8, 4) is 0 Å². The molecule has 1 fully saturated rings. The van der Waals surface area contributed by atoms with Crippen molar-refractivity contribution < 1.29 is 4.74 Å². The van der Waals surface area contributed by atoms with Crippen molar-refractivity contribution in [3.63, 3.8) is 0 Å². The second-order valence-corrected chi connectivity index (χ2v) is 8.15. The Morgan fingerprint density at radius 1 is 1.19 bits per heavy atom. The van der Waals surface area contributed by atoms with E-state index in [2.05, 4.69) is 76.0 Å². The van der Waals surface area contributed by atoms with Crippen molar-refractivity contribution >= 4 is 5.96 Å². The van der Waals surface area contributed by atoms with Gasteiger partial charge in [-0.3, -0.25) is 14.6 Å². The first kappa shape index (κ1) is 23.3. The van der Waals surface area contributed by atoms with Gasteiger partial charge in [0, 0.05) is 52.1 Å². The number of guanidine groups is 1. The number of aryl methyl sites for hydroxylation is 1. The Bertz CT molecular complexity index is 767. The Kier molecular flexibility index (Phi) is 9.86. The molecule has 1 aromatic heterocycles. The van der Waals surface area contributed by atoms with E-state index in [1.54, 1.807) is 0 Å². The summed E-state index contributed by atoms with van der Waals surface area (Å²) in [7, 11) is 0. The number of rotatable bonds is 11. The third-order valence-corrected chi connectivity index (χ3v) is 5.45. The van der Waals surface area contributed by atoms with Crippen LogP contribution < -0.4 is 10.6 Å². The first-order valence-corrected chi connectivity index (χ1v) is 11.6. The second kappa shape index (κ2) is 13.1. The van der Waals surface area contributed by atoms with Crippen LogP contribution in [0.4, 0.5) is 0 Å². The number of aromatic nitrogens is 2. The Morgan fingerprint density at radius 2 is 2.00 bits per heavy atom. The van der Waals surface area contributed by atoms with Crippen LogP contribution in [0.2, 0.25) is 0 Å². The number of benzene rings is 1. The molecule has 3 rings (SSSR count). The van der Waals surface area contributed by atoms with E-state index in [0.29, 0.717) is 6.10 Å². The van der Waals surface area contributed by atoms with Crippen LogP contribution in [0, 0.1) is 6.92 Å². The normalized spacial score (nSPS) is 15.9. The summed E-state index contributed by atoms with van der Waals surface area (Å²) < 4.78 is 8.07. The van der Waals surface area contributed by atoms with E-state index in [4.69, 9.17) is 4.74 Å². The van der Waals surface area contributed by atoms with Crippen molar-refractivity contribution in [1.82, 2.24) is 25.3 Å². The SMILES string of the molecule is CCNC(=NCCCOC1CCN(Cc2ccccc2)CC1)NCCn1cc(C)cn1. The molecule has 7 nitrogen and oxygen atoms in total. The van der Waals surface area contributed by atoms with Crippen LogP contribution >= 0.6 is 0 Å². The molecular formula is C24H38N6O. The number of hydrogen-bond acceptors (Lipinski definition) is 4. The Labute approximate surface area is 186 Å². The zero-order chi connectivity index (χ0) is 21.7. The molecule has 1 aromatic carbocycles. The third kappa shape index (κ3) is 8.71. The van der Waals surface area contributed by atoms with Gasteiger partial charge in [0.05, 0.1) is 18.8 Å². The summed E-state index contributed by atoms with van der Waals surface area (Å²) in [4.78, 5) is 7.19. The van der Waals surface area contributed by atoms with Crippen LogP contribution in [-0.4, -0.2) is 66.1 Å². The van der Waals surface area contributed by atoms with Gasteiger partial charge < -0.3 is 15.4 Å². The van der Waals surface area contributed by atoms with Gasteiger partial charge in [0.2, 0.25) is 0 Å². The van der Waals surface area contributed by atoms with Gasteiger partial charge in [-0.2, -0.15) is 5.10 Å². The van der Waals surface area contributed by atoms with Gasteiger partial charge in [0.25, 0.3) is 0 Å². The topological polar surface area (TPSA) is 66.7 Å². The lowest BCUT2D eigenvalue weighted by atomic mass is 10.1. The number of nitrogens with zero attached hydrogens (tertiary/aromatic N) is 4. The zero-order valence-corrected chi connectivity index (χ0v) is 19.1. The Morgan fingerprint density at radius 3 is 2.71 bits per heavy atom. The summed E-state index contributed by atoms with van der Waals surface area (Å²) in [6.07, 6.45) is 7.50. The highest BCUT2D eigenvalue weighted by molar-refractivity contribution is 5.79. The first-order chi connectivity index (χ1) is 15.2. The molecule has 1 aliphatic heterocycles. The number of nitrogens with one attached hydrogen (secondary N) is 2. The van der Waals surface area contributed by atoms with Crippen molar-refractivity contribution in [3.05, 3.63) is 53.9 Å². The molecule has 0 unspecified atom stereocenters. The van der Waals surface area contributed by atoms with Crippen LogP contribution in [0.15, 0.2) is 47.7 Å². The van der Waals surface area contributed by atoms with E-state index in [1.807, 2.05) is 10.9 Å². The predicted octanol–water partition coefficient (Wildman–Crippen LogP) is 2.82. The molecule has 0 bridgehead atoms. The molecule has 7 heteroatoms. The molecule has 0 spiro atoms. The smallest absolute Gasteiger partial charge is 0.191 e. The van der Waals surface area contributed by atoms with Crippen molar-refractivity contribution in [1.29, 1.82) is 0 Å². The van der Waals surface area contributed by atoms with Gasteiger partial charge in [-0.05, 0) is 44.2 Å². The average molecular weight is 427 g/mol. The summed E-state index contributed by atoms with van der Waals surface area (Å²) in [5, 5.41) is 11.0. The molecule has 1 saturated heterocycles. The van der Waals surface area contributed by atoms with E-state index in [0.717, 1.165) is 77.6 Å². The molecule has 0 aliphatic carbocycles. The number of hydrogen-bond donors (Lipinski definition) is 2. The van der Waals surface area contributed by atoms with E-state index in [9.17, 15) is 0 Å². The van der Waals surface area contributed by atoms with Crippen LogP contribution in [-0.2, 0) is 17.8 Å². The molecule has 31 heavy (non-hydrogen) atoms. The fraction of sp³-hybridized carbons (Fsp3) is 0.583. The number of piperidine rings is 1. The molecule has 2 N–H and O–H groups in total. The lowest BCUT2D eigenvalue weighted by Gasteiger charge is -2.31. The van der Waals surface area contributed by atoms with Gasteiger partial charge in [0.15, 0.2) is 5.96 Å². The summed E-state index contributed by atoms with van der Waals surface area (Å²) in [5.41, 5.74) is 2.58. The van der Waals surface area contributed by atoms with Gasteiger partial charge in [-0.1, -0.05) is 30.3 Å². The molecule has 0 amide bonds. The van der Waals surface area contributed by atoms with Gasteiger partial charge in [-0.25, -0.2) is 0 Å². The molecule has 2 aromatic rings. The van der Waals surface area contributed by atoms with E-state index in [1.165, 1.54) is 11.1 Å². The summed E-state index contributed by atoms with van der Waals surface area (Å²) in [6.45, 7) is 11.4. The minimum absolute atomic E-state index is 0.389. The quantitative estimate of drug-likeness (QED) is 0.329. The van der Waals surface area contributed by atoms with Crippen molar-refractivity contribution in [2.75, 3.05) is 39.3 Å². The van der Waals surface area contributed by atoms with E-state index in [-0.39, 0.29) is 0 Å². The maximum Gasteiger partial charge on any atom is 0.191 e. The lowest BCUT2D eigenvalue weighted by molar-refractivity contribution is 0.00566. The Balaban J connectivity index is 1.27. The van der Waals surface area contributed by atoms with E-state index < -0.39 is 0 Å². The minimum atomic E-state index is 0.389. The van der Waals surface area contributed by atoms with Crippen molar-refractivity contribution in [2.45, 2.75) is 52.3 Å². The first-order valence-electron chi connectivity index (χ1n) is 11.6. The fourth-order valence-electron chi connectivity index (χ4n) is 3.80. The zero-order valence-electron chi connectivity index (χ0n) is 19.1. The highest BCUT2D eigenvalue weighted by Crippen LogP contribution is 2.16. The van der Waals surface area contributed by atoms with Crippen LogP contribution in [0.25, 0.3) is 0 Å². The number of likely N-dealkylation sites (tertiary alicyclic amines) is 1. The predicted molar refractivity (Wildman–Crippen MR) is 126 cm³/mol. The van der Waals surface area contributed by atoms with Crippen LogP contribution in [0.3, 0.4) is 0 Å². The highest BCUT2D eigenvalue weighted by Gasteiger charge is 2.19. The second-order valence-electron chi connectivity index (χ2n) is 8.15. The molecule has 170 valence electrons. The van der Waals surface area contributed by atoms with Gasteiger partial charge in [0.1, 0.15) is 0 Å². The highest BCUT2D eigenvalue weighted by atomic mass is 16.5. The Hall–Kier alpha value is -2.38. The molecule has 1 aliphatic rings. The summed E-state index contributed by atoms with van der Waals surface area (Å²) >= 11 is 0. The largest absolute Gasteiger partial charge is 0.378 e. The van der Waals surface area contributed by atoms with Crippen LogP contribution in [0.1, 0.15) is 37.3 Å². The molecule has 0 atom stereocenters. The maximum absolute atomic E-state index is 6.12. The lowest BCUT2D eigenvalue weighted by Crippen LogP contribution is -2.39. The number of ether oxygens (including phenoxy) is 1. The van der Waals surface area contributed by atoms with Gasteiger partial charge in [-0.15, -0.1) is 0 Å². The molecule has 0 saturated carbocycles. The van der Waals surface area contributed by atoms with Crippen molar-refractivity contribution in [2.24, 2.45) is 4.99 Å². The number of aliphatic imine (C=N–C) groups is 1. The molecule has 2 heterocycles. The minimum Gasteiger partial charge on any atom is -0.378 e. The molecular weight excluding hydrogens is 388 g/mol. The third-order valence-electron chi connectivity index (χ3n) is 5.45.